The Balaban J connectivity index is 1.72. The summed E-state index contributed by atoms with van der Waals surface area (Å²) in [5.74, 6) is -0.801. The summed E-state index contributed by atoms with van der Waals surface area (Å²) in [6.45, 7) is 0.580. The Morgan fingerprint density at radius 1 is 1.07 bits per heavy atom. The summed E-state index contributed by atoms with van der Waals surface area (Å²) >= 11 is 0. The van der Waals surface area contributed by atoms with Crippen molar-refractivity contribution in [2.45, 2.75) is 31.5 Å². The second-order valence-corrected chi connectivity index (χ2v) is 6.76. The Bertz CT molecular complexity index is 841. The maximum absolute atomic E-state index is 13.2. The summed E-state index contributed by atoms with van der Waals surface area (Å²) in [6.07, 6.45) is 0.505. The van der Waals surface area contributed by atoms with Gasteiger partial charge in [-0.05, 0) is 24.0 Å². The van der Waals surface area contributed by atoms with Crippen LogP contribution in [0.4, 0.5) is 4.79 Å². The van der Waals surface area contributed by atoms with Crippen LogP contribution in [-0.4, -0.2) is 42.6 Å². The Morgan fingerprint density at radius 3 is 2.38 bits per heavy atom. The molecule has 0 bridgehead atoms. The first kappa shape index (κ1) is 20.4. The summed E-state index contributed by atoms with van der Waals surface area (Å²) < 4.78 is 10.1. The number of carbonyl (C=O) groups is 3. The lowest BCUT2D eigenvalue weighted by atomic mass is 10.1. The van der Waals surface area contributed by atoms with E-state index in [1.54, 1.807) is 24.3 Å². The molecule has 0 radical (unpaired) electrons. The van der Waals surface area contributed by atoms with Gasteiger partial charge in [0.05, 0.1) is 7.11 Å². The maximum atomic E-state index is 13.2. The summed E-state index contributed by atoms with van der Waals surface area (Å²) in [4.78, 5) is 39.2. The van der Waals surface area contributed by atoms with Crippen LogP contribution in [0.5, 0.6) is 0 Å². The van der Waals surface area contributed by atoms with Crippen LogP contribution in [0.3, 0.4) is 0 Å². The van der Waals surface area contributed by atoms with Crippen LogP contribution in [-0.2, 0) is 25.7 Å². The third-order valence-corrected chi connectivity index (χ3v) is 4.86. The fourth-order valence-corrected chi connectivity index (χ4v) is 3.38. The molecule has 1 N–H and O–H groups in total. The van der Waals surface area contributed by atoms with Gasteiger partial charge in [0.2, 0.25) is 0 Å². The number of ether oxygens (including phenoxy) is 2. The largest absolute Gasteiger partial charge is 0.459 e. The Kier molecular flexibility index (Phi) is 6.84. The lowest BCUT2D eigenvalue weighted by Gasteiger charge is -2.28. The molecule has 1 fully saturated rings. The number of methoxy groups -OCH3 is 1. The number of hydrogen-bond acceptors (Lipinski definition) is 5. The number of esters is 1. The molecule has 7 nitrogen and oxygen atoms in total. The molecule has 0 saturated carbocycles. The predicted molar refractivity (Wildman–Crippen MR) is 106 cm³/mol. The molecule has 0 aliphatic carbocycles. The number of carbonyl (C=O) groups excluding carboxylic acids is 3. The Hall–Kier alpha value is -3.35. The van der Waals surface area contributed by atoms with Crippen molar-refractivity contribution in [3.8, 4) is 0 Å². The minimum absolute atomic E-state index is 0.154. The molecule has 7 heteroatoms. The zero-order valence-corrected chi connectivity index (χ0v) is 16.2. The number of likely N-dealkylation sites (tertiary alicyclic amines) is 1. The second kappa shape index (κ2) is 9.73. The van der Waals surface area contributed by atoms with Crippen LogP contribution in [0.2, 0.25) is 0 Å². The van der Waals surface area contributed by atoms with Crippen molar-refractivity contribution in [2.75, 3.05) is 13.7 Å². The first-order chi connectivity index (χ1) is 14.1. The highest BCUT2D eigenvalue weighted by Crippen LogP contribution is 2.25. The lowest BCUT2D eigenvalue weighted by molar-refractivity contribution is -0.155. The van der Waals surface area contributed by atoms with E-state index < -0.39 is 24.1 Å². The van der Waals surface area contributed by atoms with E-state index in [1.807, 2.05) is 36.4 Å². The van der Waals surface area contributed by atoms with Crippen molar-refractivity contribution in [1.29, 1.82) is 0 Å². The van der Waals surface area contributed by atoms with Crippen molar-refractivity contribution in [3.63, 3.8) is 0 Å². The molecule has 1 saturated heterocycles. The molecule has 2 atom stereocenters. The molecule has 2 aromatic rings. The highest BCUT2D eigenvalue weighted by Gasteiger charge is 2.39. The second-order valence-electron chi connectivity index (χ2n) is 6.76. The van der Waals surface area contributed by atoms with Crippen molar-refractivity contribution < 1.29 is 23.9 Å². The normalized spacial score (nSPS) is 16.7. The monoisotopic (exact) mass is 396 g/mol. The summed E-state index contributed by atoms with van der Waals surface area (Å²) in [5.41, 5.74) is 1.50. The maximum Gasteiger partial charge on any atom is 0.407 e. The predicted octanol–water partition coefficient (Wildman–Crippen LogP) is 2.82. The van der Waals surface area contributed by atoms with Crippen LogP contribution in [0.15, 0.2) is 60.7 Å². The first-order valence-electron chi connectivity index (χ1n) is 9.50. The number of benzene rings is 2. The zero-order chi connectivity index (χ0) is 20.6. The van der Waals surface area contributed by atoms with E-state index in [1.165, 1.54) is 12.0 Å². The third-order valence-electron chi connectivity index (χ3n) is 4.86. The van der Waals surface area contributed by atoms with Gasteiger partial charge in [-0.15, -0.1) is 0 Å². The van der Waals surface area contributed by atoms with Crippen LogP contribution in [0.1, 0.15) is 30.0 Å². The minimum atomic E-state index is -0.939. The number of amides is 2. The van der Waals surface area contributed by atoms with E-state index in [9.17, 15) is 14.4 Å². The van der Waals surface area contributed by atoms with Crippen molar-refractivity contribution in [2.24, 2.45) is 0 Å². The smallest absolute Gasteiger partial charge is 0.407 e. The number of nitrogens with one attached hydrogen (secondary N) is 1. The summed E-state index contributed by atoms with van der Waals surface area (Å²) in [7, 11) is 1.24. The first-order valence-corrected chi connectivity index (χ1v) is 9.50. The molecule has 2 amide bonds. The molecule has 0 spiro atoms. The Morgan fingerprint density at radius 2 is 1.72 bits per heavy atom. The lowest BCUT2D eigenvalue weighted by Crippen LogP contribution is -2.47. The van der Waals surface area contributed by atoms with E-state index in [0.717, 1.165) is 5.56 Å². The Labute approximate surface area is 169 Å². The fraction of sp³-hybridized carbons (Fsp3) is 0.318. The third kappa shape index (κ3) is 5.13. The molecule has 0 aromatic heterocycles. The quantitative estimate of drug-likeness (QED) is 0.759. The summed E-state index contributed by atoms with van der Waals surface area (Å²) in [6, 6.07) is 16.7. The van der Waals surface area contributed by atoms with E-state index >= 15 is 0 Å². The van der Waals surface area contributed by atoms with Gasteiger partial charge in [0.15, 0.2) is 0 Å². The van der Waals surface area contributed by atoms with Gasteiger partial charge in [0.25, 0.3) is 5.91 Å². The van der Waals surface area contributed by atoms with Gasteiger partial charge >= 0.3 is 12.1 Å². The van der Waals surface area contributed by atoms with E-state index in [0.29, 0.717) is 24.9 Å². The van der Waals surface area contributed by atoms with Crippen LogP contribution in [0, 0.1) is 0 Å². The molecule has 152 valence electrons. The molecular formula is C22H24N2O5. The summed E-state index contributed by atoms with van der Waals surface area (Å²) in [5, 5.41) is 2.57. The van der Waals surface area contributed by atoms with Gasteiger partial charge in [-0.3, -0.25) is 4.79 Å². The van der Waals surface area contributed by atoms with Crippen LogP contribution in [0.25, 0.3) is 0 Å². The van der Waals surface area contributed by atoms with Gasteiger partial charge in [0.1, 0.15) is 18.7 Å². The molecule has 29 heavy (non-hydrogen) atoms. The number of nitrogens with zero attached hydrogens (tertiary/aromatic N) is 1. The van der Waals surface area contributed by atoms with Crippen molar-refractivity contribution in [1.82, 2.24) is 10.2 Å². The van der Waals surface area contributed by atoms with Gasteiger partial charge in [0, 0.05) is 6.54 Å². The highest BCUT2D eigenvalue weighted by atomic mass is 16.5. The number of rotatable bonds is 6. The minimum Gasteiger partial charge on any atom is -0.459 e. The van der Waals surface area contributed by atoms with Crippen LogP contribution < -0.4 is 5.32 Å². The fourth-order valence-electron chi connectivity index (χ4n) is 3.38. The molecule has 2 aromatic carbocycles. The van der Waals surface area contributed by atoms with Gasteiger partial charge in [-0.1, -0.05) is 60.7 Å². The molecule has 1 aliphatic heterocycles. The molecule has 1 aliphatic rings. The molecule has 0 unspecified atom stereocenters. The van der Waals surface area contributed by atoms with Gasteiger partial charge in [-0.2, -0.15) is 0 Å². The molecule has 1 heterocycles. The van der Waals surface area contributed by atoms with Crippen LogP contribution >= 0.6 is 0 Å². The molecular weight excluding hydrogens is 372 g/mol. The topological polar surface area (TPSA) is 84.9 Å². The average molecular weight is 396 g/mol. The zero-order valence-electron chi connectivity index (χ0n) is 16.2. The van der Waals surface area contributed by atoms with E-state index in [2.05, 4.69) is 10.1 Å². The van der Waals surface area contributed by atoms with Gasteiger partial charge < -0.3 is 19.7 Å². The van der Waals surface area contributed by atoms with E-state index in [4.69, 9.17) is 4.74 Å². The van der Waals surface area contributed by atoms with Crippen molar-refractivity contribution in [3.05, 3.63) is 71.8 Å². The molecule has 3 rings (SSSR count). The highest BCUT2D eigenvalue weighted by molar-refractivity contribution is 5.91. The average Bonchev–Trinajstić information content (AvgIpc) is 3.26. The van der Waals surface area contributed by atoms with Crippen molar-refractivity contribution >= 4 is 18.0 Å². The van der Waals surface area contributed by atoms with E-state index in [-0.39, 0.29) is 12.5 Å². The SMILES string of the molecule is COC(=O)N[C@@H](C(=O)N1CCC[C@H]1C(=O)OCc1ccccc1)c1ccccc1. The number of alkyl carbamates (subject to hydrolysis) is 1. The number of hydrogen-bond donors (Lipinski definition) is 1. The van der Waals surface area contributed by atoms with Gasteiger partial charge in [-0.25, -0.2) is 9.59 Å². The standard InChI is InChI=1S/C22H24N2O5/c1-28-22(27)23-19(17-11-6-3-7-12-17)20(25)24-14-8-13-18(24)21(26)29-15-16-9-4-2-5-10-16/h2-7,9-12,18-19H,8,13-15H2,1H3,(H,23,27)/t18-,19+/m0/s1.